The topological polar surface area (TPSA) is 38.8 Å². The minimum absolute atomic E-state index is 0.106. The first-order valence-corrected chi connectivity index (χ1v) is 4.52. The Morgan fingerprint density at radius 3 is 2.93 bits per heavy atom. The maximum absolute atomic E-state index is 11.4. The molecule has 1 aliphatic rings. The van der Waals surface area contributed by atoms with Crippen LogP contribution in [-0.4, -0.2) is 25.3 Å². The second-order valence-electron chi connectivity index (χ2n) is 2.91. The molecule has 3 heteroatoms. The van der Waals surface area contributed by atoms with E-state index in [4.69, 9.17) is 9.47 Å². The molecule has 1 atom stereocenters. The molecule has 0 aromatic heterocycles. The van der Waals surface area contributed by atoms with Crippen LogP contribution in [0.3, 0.4) is 0 Å². The third-order valence-corrected chi connectivity index (χ3v) is 1.68. The zero-order valence-corrected chi connectivity index (χ0v) is 8.23. The average Bonchev–Trinajstić information content (AvgIpc) is 2.97. The number of rotatable bonds is 5. The molecule has 14 heavy (non-hydrogen) atoms. The van der Waals surface area contributed by atoms with Gasteiger partial charge in [0, 0.05) is 0 Å². The predicted molar refractivity (Wildman–Crippen MR) is 53.8 cm³/mol. The van der Waals surface area contributed by atoms with Crippen LogP contribution < -0.4 is 0 Å². The van der Waals surface area contributed by atoms with Crippen LogP contribution in [0.1, 0.15) is 6.92 Å². The molecule has 1 heterocycles. The second kappa shape index (κ2) is 5.40. The van der Waals surface area contributed by atoms with E-state index < -0.39 is 0 Å². The monoisotopic (exact) mass is 194 g/mol. The van der Waals surface area contributed by atoms with Gasteiger partial charge in [0.1, 0.15) is 12.7 Å². The van der Waals surface area contributed by atoms with Crippen LogP contribution in [0.25, 0.3) is 0 Å². The Labute approximate surface area is 83.7 Å². The average molecular weight is 194 g/mol. The molecule has 1 rings (SSSR count). The molecular weight excluding hydrogens is 180 g/mol. The Balaban J connectivity index is 2.44. The largest absolute Gasteiger partial charge is 0.459 e. The Morgan fingerprint density at radius 2 is 2.43 bits per heavy atom. The van der Waals surface area contributed by atoms with Crippen molar-refractivity contribution in [1.29, 1.82) is 0 Å². The van der Waals surface area contributed by atoms with Crippen molar-refractivity contribution < 1.29 is 14.3 Å². The van der Waals surface area contributed by atoms with Gasteiger partial charge in [0.15, 0.2) is 0 Å². The molecule has 0 N–H and O–H groups in total. The number of carbonyl (C=O) groups excluding carboxylic acids is 1. The molecule has 0 aromatic carbocycles. The quantitative estimate of drug-likeness (QED) is 0.289. The van der Waals surface area contributed by atoms with E-state index in [1.165, 1.54) is 0 Å². The van der Waals surface area contributed by atoms with Gasteiger partial charge >= 0.3 is 5.97 Å². The number of hydrogen-bond donors (Lipinski definition) is 0. The summed E-state index contributed by atoms with van der Waals surface area (Å²) in [5.74, 6) is -0.335. The fourth-order valence-electron chi connectivity index (χ4n) is 0.914. The molecule has 1 unspecified atom stereocenters. The maximum atomic E-state index is 11.4. The lowest BCUT2D eigenvalue weighted by Gasteiger charge is -2.02. The van der Waals surface area contributed by atoms with Gasteiger partial charge in [0.25, 0.3) is 0 Å². The van der Waals surface area contributed by atoms with Crippen molar-refractivity contribution in [2.24, 2.45) is 0 Å². The molecule has 0 spiro atoms. The van der Waals surface area contributed by atoms with Crippen molar-refractivity contribution in [2.45, 2.75) is 13.0 Å². The van der Waals surface area contributed by atoms with Gasteiger partial charge in [-0.3, -0.25) is 0 Å². The van der Waals surface area contributed by atoms with Gasteiger partial charge < -0.3 is 9.47 Å². The number of allylic oxidation sites excluding steroid dienone is 3. The standard InChI is InChI=1S/C11H14O3/c1-3-5-9(6-4-2)11(12)14-8-10-7-13-10/h3-6,10H,1,7-8H2,2H3/b6-4-,9-5+. The Bertz CT molecular complexity index is 272. The van der Waals surface area contributed by atoms with Gasteiger partial charge in [-0.1, -0.05) is 24.8 Å². The zero-order chi connectivity index (χ0) is 10.4. The van der Waals surface area contributed by atoms with Crippen LogP contribution in [0.5, 0.6) is 0 Å². The summed E-state index contributed by atoms with van der Waals surface area (Å²) >= 11 is 0. The Hall–Kier alpha value is -1.35. The van der Waals surface area contributed by atoms with Gasteiger partial charge in [-0.25, -0.2) is 4.79 Å². The van der Waals surface area contributed by atoms with E-state index in [0.717, 1.165) is 0 Å². The van der Waals surface area contributed by atoms with Crippen LogP contribution in [-0.2, 0) is 14.3 Å². The lowest BCUT2D eigenvalue weighted by Crippen LogP contribution is -2.11. The Kier molecular flexibility index (Phi) is 4.13. The van der Waals surface area contributed by atoms with E-state index in [1.807, 2.05) is 6.92 Å². The Morgan fingerprint density at radius 1 is 1.71 bits per heavy atom. The fraction of sp³-hybridized carbons (Fsp3) is 0.364. The highest BCUT2D eigenvalue weighted by Crippen LogP contribution is 2.10. The van der Waals surface area contributed by atoms with Crippen molar-refractivity contribution in [3.8, 4) is 0 Å². The van der Waals surface area contributed by atoms with E-state index >= 15 is 0 Å². The first-order chi connectivity index (χ1) is 6.77. The van der Waals surface area contributed by atoms with Crippen LogP contribution in [0.2, 0.25) is 0 Å². The normalized spacial score (nSPS) is 20.9. The van der Waals surface area contributed by atoms with Gasteiger partial charge in [0.05, 0.1) is 12.2 Å². The number of epoxide rings is 1. The second-order valence-corrected chi connectivity index (χ2v) is 2.91. The van der Waals surface area contributed by atoms with Gasteiger partial charge in [-0.05, 0) is 13.0 Å². The summed E-state index contributed by atoms with van der Waals surface area (Å²) in [6, 6.07) is 0. The highest BCUT2D eigenvalue weighted by atomic mass is 16.6. The number of carbonyl (C=O) groups is 1. The molecular formula is C11H14O3. The van der Waals surface area contributed by atoms with Gasteiger partial charge in [-0.2, -0.15) is 0 Å². The summed E-state index contributed by atoms with van der Waals surface area (Å²) in [6.07, 6.45) is 6.76. The molecule has 0 aliphatic carbocycles. The van der Waals surface area contributed by atoms with E-state index in [0.29, 0.717) is 18.8 Å². The van der Waals surface area contributed by atoms with Crippen molar-refractivity contribution in [2.75, 3.05) is 13.2 Å². The van der Waals surface area contributed by atoms with E-state index in [9.17, 15) is 4.79 Å². The third kappa shape index (κ3) is 3.58. The van der Waals surface area contributed by atoms with Crippen molar-refractivity contribution >= 4 is 5.97 Å². The van der Waals surface area contributed by atoms with Crippen LogP contribution in [0, 0.1) is 0 Å². The van der Waals surface area contributed by atoms with Crippen molar-refractivity contribution in [1.82, 2.24) is 0 Å². The van der Waals surface area contributed by atoms with Gasteiger partial charge in [0.2, 0.25) is 0 Å². The maximum Gasteiger partial charge on any atom is 0.338 e. The smallest absolute Gasteiger partial charge is 0.338 e. The zero-order valence-electron chi connectivity index (χ0n) is 8.23. The molecule has 0 radical (unpaired) electrons. The summed E-state index contributed by atoms with van der Waals surface area (Å²) in [4.78, 5) is 11.4. The molecule has 76 valence electrons. The number of hydrogen-bond acceptors (Lipinski definition) is 3. The predicted octanol–water partition coefficient (Wildman–Crippen LogP) is 1.62. The molecule has 0 bridgehead atoms. The lowest BCUT2D eigenvalue weighted by molar-refractivity contribution is -0.139. The van der Waals surface area contributed by atoms with E-state index in [2.05, 4.69) is 6.58 Å². The lowest BCUT2D eigenvalue weighted by atomic mass is 10.2. The third-order valence-electron chi connectivity index (χ3n) is 1.68. The molecule has 0 saturated carbocycles. The molecule has 1 fully saturated rings. The molecule has 1 saturated heterocycles. The fourth-order valence-corrected chi connectivity index (χ4v) is 0.914. The van der Waals surface area contributed by atoms with Gasteiger partial charge in [-0.15, -0.1) is 0 Å². The number of ether oxygens (including phenoxy) is 2. The van der Waals surface area contributed by atoms with E-state index in [-0.39, 0.29) is 12.1 Å². The highest BCUT2D eigenvalue weighted by molar-refractivity contribution is 5.91. The highest BCUT2D eigenvalue weighted by Gasteiger charge is 2.24. The van der Waals surface area contributed by atoms with Crippen LogP contribution in [0.15, 0.2) is 36.5 Å². The van der Waals surface area contributed by atoms with Crippen molar-refractivity contribution in [3.05, 3.63) is 36.5 Å². The summed E-state index contributed by atoms with van der Waals surface area (Å²) in [5, 5.41) is 0. The molecule has 0 amide bonds. The minimum atomic E-state index is -0.335. The summed E-state index contributed by atoms with van der Waals surface area (Å²) in [5.41, 5.74) is 0.503. The van der Waals surface area contributed by atoms with Crippen LogP contribution >= 0.6 is 0 Å². The molecule has 0 aromatic rings. The summed E-state index contributed by atoms with van der Waals surface area (Å²) < 4.78 is 9.93. The van der Waals surface area contributed by atoms with E-state index in [1.54, 1.807) is 24.3 Å². The minimum Gasteiger partial charge on any atom is -0.459 e. The first kappa shape index (κ1) is 10.7. The van der Waals surface area contributed by atoms with Crippen LogP contribution in [0.4, 0.5) is 0 Å². The van der Waals surface area contributed by atoms with Crippen molar-refractivity contribution in [3.63, 3.8) is 0 Å². The number of esters is 1. The SMILES string of the molecule is C=C/C=C(\C=C/C)C(=O)OCC1CO1. The molecule has 1 aliphatic heterocycles. The summed E-state index contributed by atoms with van der Waals surface area (Å²) in [6.45, 7) is 6.40. The molecule has 3 nitrogen and oxygen atoms in total. The summed E-state index contributed by atoms with van der Waals surface area (Å²) in [7, 11) is 0. The first-order valence-electron chi connectivity index (χ1n) is 4.52.